The summed E-state index contributed by atoms with van der Waals surface area (Å²) in [7, 11) is 0. The summed E-state index contributed by atoms with van der Waals surface area (Å²) in [6, 6.07) is 7.17. The van der Waals surface area contributed by atoms with E-state index in [9.17, 15) is 0 Å². The van der Waals surface area contributed by atoms with Crippen LogP contribution in [0.4, 0.5) is 0 Å². The van der Waals surface area contributed by atoms with Crippen molar-refractivity contribution in [3.63, 3.8) is 0 Å². The summed E-state index contributed by atoms with van der Waals surface area (Å²) in [6.07, 6.45) is 4.48. The van der Waals surface area contributed by atoms with Gasteiger partial charge in [-0.05, 0) is 54.5 Å². The van der Waals surface area contributed by atoms with E-state index in [0.717, 1.165) is 30.8 Å². The van der Waals surface area contributed by atoms with Crippen LogP contribution in [0.5, 0.6) is 0 Å². The fourth-order valence-corrected chi connectivity index (χ4v) is 4.32. The maximum absolute atomic E-state index is 9.08. The number of benzene rings is 1. The second-order valence-corrected chi connectivity index (χ2v) is 6.40. The first kappa shape index (κ1) is 11.8. The molecule has 1 saturated heterocycles. The molecule has 0 radical (unpaired) electrons. The molecule has 0 amide bonds. The first-order chi connectivity index (χ1) is 9.36. The van der Waals surface area contributed by atoms with Crippen LogP contribution in [0.3, 0.4) is 0 Å². The third-order valence-corrected chi connectivity index (χ3v) is 5.33. The Balaban J connectivity index is 1.76. The molecule has 3 N–H and O–H groups in total. The van der Waals surface area contributed by atoms with Gasteiger partial charge in [-0.15, -0.1) is 0 Å². The summed E-state index contributed by atoms with van der Waals surface area (Å²) < 4.78 is 9.08. The van der Waals surface area contributed by atoms with Crippen LogP contribution >= 0.6 is 12.0 Å². The number of nitrogens with one attached hydrogen (secondary N) is 2. The zero-order valence-corrected chi connectivity index (χ0v) is 11.5. The summed E-state index contributed by atoms with van der Waals surface area (Å²) in [5, 5.41) is 5.14. The molecule has 0 spiro atoms. The van der Waals surface area contributed by atoms with Gasteiger partial charge in [0.25, 0.3) is 0 Å². The van der Waals surface area contributed by atoms with Crippen LogP contribution in [-0.2, 0) is 6.42 Å². The molecule has 100 valence electrons. The van der Waals surface area contributed by atoms with Crippen LogP contribution in [0.2, 0.25) is 0 Å². The normalized spacial score (nSPS) is 29.4. The van der Waals surface area contributed by atoms with E-state index in [1.807, 2.05) is 0 Å². The molecule has 2 aromatic rings. The van der Waals surface area contributed by atoms with Gasteiger partial charge >= 0.3 is 0 Å². The lowest BCUT2D eigenvalue weighted by molar-refractivity contribution is 0.285. The molecule has 1 aliphatic heterocycles. The summed E-state index contributed by atoms with van der Waals surface area (Å²) in [5.41, 5.74) is 4.21. The molecule has 3 atom stereocenters. The van der Waals surface area contributed by atoms with Gasteiger partial charge in [0.05, 0.1) is 0 Å². The predicted octanol–water partition coefficient (Wildman–Crippen LogP) is 2.99. The van der Waals surface area contributed by atoms with Crippen LogP contribution < -0.4 is 5.32 Å². The topological polar surface area (TPSA) is 48.0 Å². The molecule has 1 fully saturated rings. The summed E-state index contributed by atoms with van der Waals surface area (Å²) in [4.78, 5) is 3.39. The van der Waals surface area contributed by atoms with Crippen molar-refractivity contribution >= 4 is 22.9 Å². The molecule has 2 heterocycles. The van der Waals surface area contributed by atoms with Crippen LogP contribution in [0.25, 0.3) is 10.9 Å². The molecule has 3 nitrogen and oxygen atoms in total. The van der Waals surface area contributed by atoms with Gasteiger partial charge < -0.3 is 14.9 Å². The highest BCUT2D eigenvalue weighted by Gasteiger charge is 2.36. The maximum Gasteiger partial charge on any atom is 0.0459 e. The van der Waals surface area contributed by atoms with Gasteiger partial charge in [0, 0.05) is 34.8 Å². The Morgan fingerprint density at radius 1 is 1.37 bits per heavy atom. The molecular formula is C15H18N2OS. The van der Waals surface area contributed by atoms with Gasteiger partial charge in [-0.2, -0.15) is 0 Å². The van der Waals surface area contributed by atoms with E-state index in [0.29, 0.717) is 17.9 Å². The lowest BCUT2D eigenvalue weighted by Gasteiger charge is -2.40. The minimum Gasteiger partial charge on any atom is -0.361 e. The number of aromatic amines is 1. The van der Waals surface area contributed by atoms with Crippen molar-refractivity contribution in [2.24, 2.45) is 5.92 Å². The molecule has 4 heteroatoms. The van der Waals surface area contributed by atoms with Crippen molar-refractivity contribution in [3.8, 4) is 0 Å². The highest BCUT2D eigenvalue weighted by Crippen LogP contribution is 2.42. The van der Waals surface area contributed by atoms with Crippen molar-refractivity contribution < 1.29 is 4.55 Å². The Morgan fingerprint density at radius 3 is 3.21 bits per heavy atom. The summed E-state index contributed by atoms with van der Waals surface area (Å²) in [5.74, 6) is 2.01. The van der Waals surface area contributed by atoms with Crippen LogP contribution in [-0.4, -0.2) is 27.9 Å². The minimum absolute atomic E-state index is 0.564. The molecule has 2 aliphatic rings. The predicted molar refractivity (Wildman–Crippen MR) is 79.7 cm³/mol. The average molecular weight is 274 g/mol. The van der Waals surface area contributed by atoms with E-state index in [1.54, 1.807) is 0 Å². The smallest absolute Gasteiger partial charge is 0.0459 e. The second kappa shape index (κ2) is 4.54. The van der Waals surface area contributed by atoms with Gasteiger partial charge in [-0.3, -0.25) is 0 Å². The zero-order chi connectivity index (χ0) is 12.8. The van der Waals surface area contributed by atoms with E-state index < -0.39 is 0 Å². The Bertz CT molecular complexity index is 609. The van der Waals surface area contributed by atoms with Crippen molar-refractivity contribution in [2.45, 2.75) is 24.8 Å². The van der Waals surface area contributed by atoms with Crippen molar-refractivity contribution in [1.29, 1.82) is 0 Å². The SMILES string of the molecule is OSCC1CN[C@@H]2Cc3c[nH]c4cccc(c34)[C@H]2C1. The molecule has 1 aromatic carbocycles. The van der Waals surface area contributed by atoms with Gasteiger partial charge in [0.2, 0.25) is 0 Å². The monoisotopic (exact) mass is 274 g/mol. The van der Waals surface area contributed by atoms with E-state index in [4.69, 9.17) is 4.55 Å². The van der Waals surface area contributed by atoms with Crippen molar-refractivity contribution in [3.05, 3.63) is 35.5 Å². The number of aromatic nitrogens is 1. The van der Waals surface area contributed by atoms with E-state index in [-0.39, 0.29) is 0 Å². The Labute approximate surface area is 117 Å². The molecule has 0 bridgehead atoms. The number of hydrogen-bond acceptors (Lipinski definition) is 3. The Morgan fingerprint density at radius 2 is 2.32 bits per heavy atom. The first-order valence-electron chi connectivity index (χ1n) is 6.95. The highest BCUT2D eigenvalue weighted by molar-refractivity contribution is 7.93. The van der Waals surface area contributed by atoms with E-state index in [2.05, 4.69) is 34.7 Å². The molecule has 1 aliphatic carbocycles. The molecular weight excluding hydrogens is 256 g/mol. The van der Waals surface area contributed by atoms with Gasteiger partial charge in [0.15, 0.2) is 0 Å². The van der Waals surface area contributed by atoms with E-state index in [1.165, 1.54) is 28.5 Å². The fraction of sp³-hybridized carbons (Fsp3) is 0.467. The first-order valence-corrected chi connectivity index (χ1v) is 7.89. The molecule has 4 rings (SSSR count). The molecule has 19 heavy (non-hydrogen) atoms. The fourth-order valence-electron chi connectivity index (χ4n) is 3.85. The van der Waals surface area contributed by atoms with Crippen molar-refractivity contribution in [2.75, 3.05) is 12.3 Å². The molecule has 0 saturated carbocycles. The number of H-pyrrole nitrogens is 1. The Hall–Kier alpha value is -0.970. The van der Waals surface area contributed by atoms with Crippen LogP contribution in [0.15, 0.2) is 24.4 Å². The van der Waals surface area contributed by atoms with E-state index >= 15 is 0 Å². The van der Waals surface area contributed by atoms with Crippen LogP contribution in [0.1, 0.15) is 23.5 Å². The van der Waals surface area contributed by atoms with Gasteiger partial charge in [-0.25, -0.2) is 0 Å². The largest absolute Gasteiger partial charge is 0.361 e. The average Bonchev–Trinajstić information content (AvgIpc) is 2.85. The Kier molecular flexibility index (Phi) is 2.83. The summed E-state index contributed by atoms with van der Waals surface area (Å²) >= 11 is 0.981. The summed E-state index contributed by atoms with van der Waals surface area (Å²) in [6.45, 7) is 1.03. The molecule has 1 unspecified atom stereocenters. The number of piperidine rings is 1. The third kappa shape index (κ3) is 1.82. The standard InChI is InChI=1S/C15H18N2OS/c18-19-8-9-4-12-11-2-1-3-13-15(11)10(7-17-13)5-14(12)16-6-9/h1-3,7,9,12,14,16-18H,4-6,8H2/t9?,12-,14-/m1/s1. The number of rotatable bonds is 2. The maximum atomic E-state index is 9.08. The zero-order valence-electron chi connectivity index (χ0n) is 10.7. The number of fused-ring (bicyclic) bond motifs is 2. The lowest BCUT2D eigenvalue weighted by Crippen LogP contribution is -2.47. The van der Waals surface area contributed by atoms with Gasteiger partial charge in [0.1, 0.15) is 0 Å². The third-order valence-electron chi connectivity index (χ3n) is 4.71. The van der Waals surface area contributed by atoms with Gasteiger partial charge in [-0.1, -0.05) is 12.1 Å². The van der Waals surface area contributed by atoms with Crippen molar-refractivity contribution in [1.82, 2.24) is 10.3 Å². The quantitative estimate of drug-likeness (QED) is 0.738. The molecule has 1 aromatic heterocycles. The number of hydrogen-bond donors (Lipinski definition) is 3. The lowest BCUT2D eigenvalue weighted by atomic mass is 9.73. The van der Waals surface area contributed by atoms with Crippen LogP contribution in [0, 0.1) is 5.92 Å². The second-order valence-electron chi connectivity index (χ2n) is 5.81. The minimum atomic E-state index is 0.564. The highest BCUT2D eigenvalue weighted by atomic mass is 32.2.